The summed E-state index contributed by atoms with van der Waals surface area (Å²) in [4.78, 5) is 12.2. The van der Waals surface area contributed by atoms with Crippen LogP contribution in [0.5, 0.6) is 0 Å². The topological polar surface area (TPSA) is 29.5 Å². The van der Waals surface area contributed by atoms with Gasteiger partial charge in [0.25, 0.3) is 0 Å². The maximum absolute atomic E-state index is 10.3. The molecule has 0 saturated carbocycles. The highest BCUT2D eigenvalue weighted by atomic mass is 16.5. The molecule has 3 heteroatoms. The highest BCUT2D eigenvalue weighted by Gasteiger charge is 1.84. The Labute approximate surface area is 61.3 Å². The van der Waals surface area contributed by atoms with E-state index in [1.165, 1.54) is 19.3 Å². The highest BCUT2D eigenvalue weighted by molar-refractivity contribution is 5.86. The minimum absolute atomic E-state index is 0.00115. The Hall–Kier alpha value is -0.830. The molecule has 0 rings (SSSR count). The Morgan fingerprint density at radius 3 is 2.60 bits per heavy atom. The number of hydrogen-bond acceptors (Lipinski definition) is 3. The molecule has 0 unspecified atom stereocenters. The van der Waals surface area contributed by atoms with E-state index < -0.39 is 0 Å². The predicted molar refractivity (Wildman–Crippen MR) is 39.5 cm³/mol. The first-order chi connectivity index (χ1) is 4.63. The maximum atomic E-state index is 10.3. The molecule has 0 aromatic heterocycles. The Balaban J connectivity index is 3.27. The van der Waals surface area contributed by atoms with Gasteiger partial charge < -0.3 is 4.74 Å². The van der Waals surface area contributed by atoms with Crippen LogP contribution >= 0.6 is 0 Å². The van der Waals surface area contributed by atoms with E-state index in [2.05, 4.69) is 0 Å². The largest absolute Gasteiger partial charge is 0.486 e. The van der Waals surface area contributed by atoms with E-state index in [9.17, 15) is 4.79 Å². The molecule has 0 aliphatic heterocycles. The average molecular weight is 143 g/mol. The summed E-state index contributed by atoms with van der Waals surface area (Å²) >= 11 is 0. The number of ketones is 1. The molecule has 0 heterocycles. The van der Waals surface area contributed by atoms with Gasteiger partial charge in [0.1, 0.15) is 6.73 Å². The van der Waals surface area contributed by atoms with Gasteiger partial charge in [0.05, 0.1) is 6.26 Å². The van der Waals surface area contributed by atoms with E-state index in [-0.39, 0.29) is 5.78 Å². The molecular formula is C7H13NO2. The van der Waals surface area contributed by atoms with Gasteiger partial charge in [0.2, 0.25) is 0 Å². The monoisotopic (exact) mass is 143 g/mol. The predicted octanol–water partition coefficient (Wildman–Crippen LogP) is 0.625. The fraction of sp³-hybridized carbons (Fsp3) is 0.571. The number of nitrogens with zero attached hydrogens (tertiary/aromatic N) is 1. The SMILES string of the molecule is CC(=O)/C=C/OCN(C)C. The highest BCUT2D eigenvalue weighted by Crippen LogP contribution is 1.80. The number of allylic oxidation sites excluding steroid dienone is 1. The van der Waals surface area contributed by atoms with Gasteiger partial charge in [-0.05, 0) is 21.0 Å². The third-order valence-corrected chi connectivity index (χ3v) is 0.732. The van der Waals surface area contributed by atoms with E-state index in [0.717, 1.165) is 0 Å². The minimum Gasteiger partial charge on any atom is -0.486 e. The molecule has 0 atom stereocenters. The van der Waals surface area contributed by atoms with Crippen LogP contribution in [0.15, 0.2) is 12.3 Å². The van der Waals surface area contributed by atoms with E-state index in [0.29, 0.717) is 6.73 Å². The quantitative estimate of drug-likeness (QED) is 0.328. The first kappa shape index (κ1) is 9.17. The van der Waals surface area contributed by atoms with E-state index in [1.54, 1.807) is 0 Å². The average Bonchev–Trinajstić information content (AvgIpc) is 1.79. The second-order valence-electron chi connectivity index (χ2n) is 2.29. The summed E-state index contributed by atoms with van der Waals surface area (Å²) in [5.41, 5.74) is 0. The lowest BCUT2D eigenvalue weighted by molar-refractivity contribution is -0.112. The van der Waals surface area contributed by atoms with Gasteiger partial charge in [-0.25, -0.2) is 0 Å². The van der Waals surface area contributed by atoms with Crippen molar-refractivity contribution in [3.05, 3.63) is 12.3 Å². The van der Waals surface area contributed by atoms with Crippen molar-refractivity contribution in [1.82, 2.24) is 4.90 Å². The van der Waals surface area contributed by atoms with Crippen molar-refractivity contribution < 1.29 is 9.53 Å². The van der Waals surface area contributed by atoms with Crippen molar-refractivity contribution in [3.8, 4) is 0 Å². The van der Waals surface area contributed by atoms with Gasteiger partial charge >= 0.3 is 0 Å². The number of rotatable bonds is 4. The van der Waals surface area contributed by atoms with Crippen LogP contribution in [0.1, 0.15) is 6.92 Å². The van der Waals surface area contributed by atoms with Crippen molar-refractivity contribution in [1.29, 1.82) is 0 Å². The summed E-state index contributed by atoms with van der Waals surface area (Å²) in [6.45, 7) is 1.99. The molecule has 0 N–H and O–H groups in total. The zero-order valence-electron chi connectivity index (χ0n) is 6.63. The molecular weight excluding hydrogens is 130 g/mol. The molecule has 0 fully saturated rings. The van der Waals surface area contributed by atoms with Gasteiger partial charge in [-0.15, -0.1) is 0 Å². The van der Waals surface area contributed by atoms with Crippen LogP contribution in [0.25, 0.3) is 0 Å². The Morgan fingerprint density at radius 1 is 1.60 bits per heavy atom. The summed E-state index contributed by atoms with van der Waals surface area (Å²) in [6.07, 6.45) is 2.80. The first-order valence-corrected chi connectivity index (χ1v) is 3.06. The fourth-order valence-electron chi connectivity index (χ4n) is 0.336. The number of hydrogen-bond donors (Lipinski definition) is 0. The third-order valence-electron chi connectivity index (χ3n) is 0.732. The molecule has 0 amide bonds. The number of carbonyl (C=O) groups excluding carboxylic acids is 1. The van der Waals surface area contributed by atoms with Gasteiger partial charge in [0, 0.05) is 6.08 Å². The molecule has 0 aliphatic rings. The summed E-state index contributed by atoms with van der Waals surface area (Å²) < 4.78 is 4.93. The van der Waals surface area contributed by atoms with Gasteiger partial charge in [-0.1, -0.05) is 0 Å². The van der Waals surface area contributed by atoms with Gasteiger partial charge in [-0.2, -0.15) is 0 Å². The molecule has 3 nitrogen and oxygen atoms in total. The fourth-order valence-corrected chi connectivity index (χ4v) is 0.336. The molecule has 58 valence electrons. The summed E-state index contributed by atoms with van der Waals surface area (Å²) in [5.74, 6) is -0.00115. The molecule has 0 saturated heterocycles. The number of carbonyl (C=O) groups is 1. The van der Waals surface area contributed by atoms with Crippen LogP contribution in [-0.4, -0.2) is 31.5 Å². The summed E-state index contributed by atoms with van der Waals surface area (Å²) in [6, 6.07) is 0. The molecule has 0 spiro atoms. The lowest BCUT2D eigenvalue weighted by atomic mass is 10.4. The molecule has 0 bridgehead atoms. The normalized spacial score (nSPS) is 10.8. The van der Waals surface area contributed by atoms with Gasteiger partial charge in [-0.3, -0.25) is 9.69 Å². The van der Waals surface area contributed by atoms with Crippen LogP contribution in [0, 0.1) is 0 Å². The standard InChI is InChI=1S/C7H13NO2/c1-7(9)4-5-10-6-8(2)3/h4-5H,6H2,1-3H3/b5-4+. The van der Waals surface area contributed by atoms with Crippen LogP contribution in [0.3, 0.4) is 0 Å². The summed E-state index contributed by atoms with van der Waals surface area (Å²) in [7, 11) is 3.78. The molecule has 10 heavy (non-hydrogen) atoms. The minimum atomic E-state index is -0.00115. The van der Waals surface area contributed by atoms with Crippen LogP contribution in [-0.2, 0) is 9.53 Å². The smallest absolute Gasteiger partial charge is 0.155 e. The van der Waals surface area contributed by atoms with Gasteiger partial charge in [0.15, 0.2) is 5.78 Å². The van der Waals surface area contributed by atoms with Crippen molar-refractivity contribution in [2.24, 2.45) is 0 Å². The van der Waals surface area contributed by atoms with Crippen molar-refractivity contribution in [3.63, 3.8) is 0 Å². The van der Waals surface area contributed by atoms with E-state index >= 15 is 0 Å². The van der Waals surface area contributed by atoms with Crippen LogP contribution in [0.4, 0.5) is 0 Å². The second-order valence-corrected chi connectivity index (χ2v) is 2.29. The van der Waals surface area contributed by atoms with Crippen LogP contribution < -0.4 is 0 Å². The maximum Gasteiger partial charge on any atom is 0.155 e. The number of ether oxygens (including phenoxy) is 1. The van der Waals surface area contributed by atoms with E-state index in [1.807, 2.05) is 19.0 Å². The lowest BCUT2D eigenvalue weighted by Crippen LogP contribution is -2.13. The van der Waals surface area contributed by atoms with Crippen molar-refractivity contribution >= 4 is 5.78 Å². The second kappa shape index (κ2) is 4.99. The molecule has 0 aromatic rings. The lowest BCUT2D eigenvalue weighted by Gasteiger charge is -2.06. The zero-order chi connectivity index (χ0) is 7.98. The van der Waals surface area contributed by atoms with Crippen LogP contribution in [0.2, 0.25) is 0 Å². The zero-order valence-corrected chi connectivity index (χ0v) is 6.63. The molecule has 0 aromatic carbocycles. The molecule has 0 aliphatic carbocycles. The van der Waals surface area contributed by atoms with Crippen molar-refractivity contribution in [2.75, 3.05) is 20.8 Å². The molecule has 0 radical (unpaired) electrons. The summed E-state index contributed by atoms with van der Waals surface area (Å²) in [5, 5.41) is 0. The first-order valence-electron chi connectivity index (χ1n) is 3.06. The van der Waals surface area contributed by atoms with Crippen molar-refractivity contribution in [2.45, 2.75) is 6.92 Å². The Kier molecular flexibility index (Phi) is 4.58. The Bertz CT molecular complexity index is 130. The Morgan fingerprint density at radius 2 is 2.20 bits per heavy atom. The van der Waals surface area contributed by atoms with E-state index in [4.69, 9.17) is 4.74 Å². The third kappa shape index (κ3) is 7.17.